The number of piperazine rings is 1. The minimum Gasteiger partial charge on any atom is -0.353 e. The van der Waals surface area contributed by atoms with E-state index in [0.717, 1.165) is 54.5 Å². The summed E-state index contributed by atoms with van der Waals surface area (Å²) in [6.45, 7) is 6.13. The molecule has 0 radical (unpaired) electrons. The van der Waals surface area contributed by atoms with E-state index >= 15 is 0 Å². The number of halogens is 2. The van der Waals surface area contributed by atoms with Crippen molar-refractivity contribution in [2.24, 2.45) is 5.73 Å². The lowest BCUT2D eigenvalue weighted by Crippen LogP contribution is -2.47. The van der Waals surface area contributed by atoms with Gasteiger partial charge in [-0.2, -0.15) is 0 Å². The Morgan fingerprint density at radius 3 is 2.60 bits per heavy atom. The molecule has 6 heteroatoms. The zero-order chi connectivity index (χ0) is 14.4. The number of nitrogens with two attached hydrogens (primary N) is 1. The molecule has 1 aliphatic heterocycles. The molecular weight excluding hydrogens is 340 g/mol. The maximum Gasteiger partial charge on any atom is 0.147 e. The lowest BCUT2D eigenvalue weighted by atomic mass is 10.2. The molecule has 112 valence electrons. The van der Waals surface area contributed by atoms with Gasteiger partial charge < -0.3 is 10.6 Å². The van der Waals surface area contributed by atoms with Crippen LogP contribution in [0, 0.1) is 0 Å². The molecule has 1 fully saturated rings. The highest BCUT2D eigenvalue weighted by Crippen LogP contribution is 2.26. The maximum atomic E-state index is 6.26. The van der Waals surface area contributed by atoms with Crippen molar-refractivity contribution in [3.63, 3.8) is 0 Å². The lowest BCUT2D eigenvalue weighted by Gasteiger charge is -2.35. The molecule has 1 aromatic heterocycles. The van der Waals surface area contributed by atoms with Crippen LogP contribution in [0.1, 0.15) is 19.3 Å². The van der Waals surface area contributed by atoms with Crippen LogP contribution in [0.25, 0.3) is 0 Å². The maximum absolute atomic E-state index is 6.26. The Hall–Kier alpha value is -0.360. The first-order chi connectivity index (χ1) is 9.70. The number of hydrogen-bond donors (Lipinski definition) is 1. The first-order valence-electron chi connectivity index (χ1n) is 7.19. The SMILES string of the molecule is NCCCCCN1CCN(c2ncc(Br)cc2Cl)CC1. The number of anilines is 1. The summed E-state index contributed by atoms with van der Waals surface area (Å²) >= 11 is 9.65. The Balaban J connectivity index is 1.79. The average Bonchev–Trinajstić information content (AvgIpc) is 2.45. The minimum atomic E-state index is 0.718. The number of hydrogen-bond acceptors (Lipinski definition) is 4. The number of pyridine rings is 1. The van der Waals surface area contributed by atoms with Gasteiger partial charge >= 0.3 is 0 Å². The van der Waals surface area contributed by atoms with Crippen LogP contribution in [0.2, 0.25) is 5.02 Å². The summed E-state index contributed by atoms with van der Waals surface area (Å²) in [5.74, 6) is 0.901. The molecule has 0 unspecified atom stereocenters. The predicted molar refractivity (Wildman–Crippen MR) is 88.5 cm³/mol. The van der Waals surface area contributed by atoms with Gasteiger partial charge in [-0.15, -0.1) is 0 Å². The van der Waals surface area contributed by atoms with E-state index in [9.17, 15) is 0 Å². The highest BCUT2D eigenvalue weighted by Gasteiger charge is 2.19. The van der Waals surface area contributed by atoms with E-state index in [1.807, 2.05) is 6.07 Å². The molecule has 1 aliphatic rings. The van der Waals surface area contributed by atoms with Gasteiger partial charge in [-0.3, -0.25) is 4.90 Å². The molecule has 0 amide bonds. The summed E-state index contributed by atoms with van der Waals surface area (Å²) in [5, 5.41) is 0.718. The van der Waals surface area contributed by atoms with Crippen molar-refractivity contribution in [2.45, 2.75) is 19.3 Å². The molecule has 0 aromatic carbocycles. The van der Waals surface area contributed by atoms with Crippen molar-refractivity contribution >= 4 is 33.3 Å². The second-order valence-corrected chi connectivity index (χ2v) is 6.46. The van der Waals surface area contributed by atoms with Gasteiger partial charge in [0.05, 0.1) is 5.02 Å². The van der Waals surface area contributed by atoms with Crippen LogP contribution in [0.4, 0.5) is 5.82 Å². The number of unbranched alkanes of at least 4 members (excludes halogenated alkanes) is 2. The average molecular weight is 362 g/mol. The van der Waals surface area contributed by atoms with E-state index < -0.39 is 0 Å². The number of nitrogens with zero attached hydrogens (tertiary/aromatic N) is 3. The van der Waals surface area contributed by atoms with Crippen LogP contribution in [0.5, 0.6) is 0 Å². The summed E-state index contributed by atoms with van der Waals surface area (Å²) < 4.78 is 0.921. The Morgan fingerprint density at radius 1 is 1.20 bits per heavy atom. The van der Waals surface area contributed by atoms with E-state index in [4.69, 9.17) is 17.3 Å². The Morgan fingerprint density at radius 2 is 1.95 bits per heavy atom. The van der Waals surface area contributed by atoms with E-state index in [1.54, 1.807) is 6.20 Å². The fraction of sp³-hybridized carbons (Fsp3) is 0.643. The first-order valence-corrected chi connectivity index (χ1v) is 8.36. The van der Waals surface area contributed by atoms with Gasteiger partial charge in [0.2, 0.25) is 0 Å². The standard InChI is InChI=1S/C14H22BrClN4/c15-12-10-13(16)14(18-11-12)20-8-6-19(7-9-20)5-3-1-2-4-17/h10-11H,1-9,17H2. The van der Waals surface area contributed by atoms with Crippen LogP contribution in [0.15, 0.2) is 16.7 Å². The molecule has 20 heavy (non-hydrogen) atoms. The predicted octanol–water partition coefficient (Wildman–Crippen LogP) is 2.75. The zero-order valence-corrected chi connectivity index (χ0v) is 14.0. The largest absolute Gasteiger partial charge is 0.353 e. The smallest absolute Gasteiger partial charge is 0.147 e. The second kappa shape index (κ2) is 8.17. The molecule has 4 nitrogen and oxygen atoms in total. The Bertz CT molecular complexity index is 422. The quantitative estimate of drug-likeness (QED) is 0.791. The monoisotopic (exact) mass is 360 g/mol. The first kappa shape index (κ1) is 16.0. The Kier molecular flexibility index (Phi) is 6.55. The van der Waals surface area contributed by atoms with Crippen LogP contribution < -0.4 is 10.6 Å². The number of rotatable bonds is 6. The van der Waals surface area contributed by atoms with Crippen LogP contribution in [-0.4, -0.2) is 49.2 Å². The van der Waals surface area contributed by atoms with Gasteiger partial charge in [-0.25, -0.2) is 4.98 Å². The highest BCUT2D eigenvalue weighted by molar-refractivity contribution is 9.10. The summed E-state index contributed by atoms with van der Waals surface area (Å²) in [6, 6.07) is 1.91. The molecule has 2 rings (SSSR count). The third-order valence-electron chi connectivity index (χ3n) is 3.64. The van der Waals surface area contributed by atoms with Crippen molar-refractivity contribution in [3.8, 4) is 0 Å². The third kappa shape index (κ3) is 4.58. The highest BCUT2D eigenvalue weighted by atomic mass is 79.9. The molecule has 1 saturated heterocycles. The van der Waals surface area contributed by atoms with E-state index in [1.165, 1.54) is 19.4 Å². The van der Waals surface area contributed by atoms with E-state index in [0.29, 0.717) is 0 Å². The normalized spacial score (nSPS) is 16.6. The molecule has 0 spiro atoms. The molecule has 2 N–H and O–H groups in total. The van der Waals surface area contributed by atoms with Crippen molar-refractivity contribution in [1.29, 1.82) is 0 Å². The fourth-order valence-electron chi connectivity index (χ4n) is 2.48. The second-order valence-electron chi connectivity index (χ2n) is 5.14. The summed E-state index contributed by atoms with van der Waals surface area (Å²) in [6.07, 6.45) is 5.42. The minimum absolute atomic E-state index is 0.718. The molecule has 0 saturated carbocycles. The third-order valence-corrected chi connectivity index (χ3v) is 4.35. The van der Waals surface area contributed by atoms with E-state index in [-0.39, 0.29) is 0 Å². The van der Waals surface area contributed by atoms with Gasteiger partial charge in [0.15, 0.2) is 0 Å². The van der Waals surface area contributed by atoms with Gasteiger partial charge in [0.1, 0.15) is 5.82 Å². The Labute approximate surface area is 134 Å². The number of aromatic nitrogens is 1. The molecule has 1 aromatic rings. The van der Waals surface area contributed by atoms with Gasteiger partial charge in [-0.1, -0.05) is 18.0 Å². The molecule has 0 atom stereocenters. The molecule has 0 bridgehead atoms. The fourth-order valence-corrected chi connectivity index (χ4v) is 3.23. The zero-order valence-electron chi connectivity index (χ0n) is 11.7. The van der Waals surface area contributed by atoms with Crippen LogP contribution >= 0.6 is 27.5 Å². The van der Waals surface area contributed by atoms with Crippen molar-refractivity contribution < 1.29 is 0 Å². The van der Waals surface area contributed by atoms with Crippen LogP contribution in [-0.2, 0) is 0 Å². The summed E-state index contributed by atoms with van der Waals surface area (Å²) in [5.41, 5.74) is 5.51. The van der Waals surface area contributed by atoms with Crippen molar-refractivity contribution in [2.75, 3.05) is 44.2 Å². The van der Waals surface area contributed by atoms with E-state index in [2.05, 4.69) is 30.7 Å². The molecule has 0 aliphatic carbocycles. The van der Waals surface area contributed by atoms with Crippen molar-refractivity contribution in [1.82, 2.24) is 9.88 Å². The van der Waals surface area contributed by atoms with Gasteiger partial charge in [-0.05, 0) is 47.9 Å². The topological polar surface area (TPSA) is 45.4 Å². The van der Waals surface area contributed by atoms with Crippen LogP contribution in [0.3, 0.4) is 0 Å². The van der Waals surface area contributed by atoms with Gasteiger partial charge in [0.25, 0.3) is 0 Å². The van der Waals surface area contributed by atoms with Gasteiger partial charge in [0, 0.05) is 36.8 Å². The molecular formula is C14H22BrClN4. The summed E-state index contributed by atoms with van der Waals surface area (Å²) in [4.78, 5) is 9.21. The van der Waals surface area contributed by atoms with Crippen molar-refractivity contribution in [3.05, 3.63) is 21.8 Å². The lowest BCUT2D eigenvalue weighted by molar-refractivity contribution is 0.252. The summed E-state index contributed by atoms with van der Waals surface area (Å²) in [7, 11) is 0. The molecule has 2 heterocycles.